The van der Waals surface area contributed by atoms with Crippen molar-refractivity contribution >= 4 is 34.9 Å². The fraction of sp³-hybridized carbons (Fsp3) is 0.471. The maximum Gasteiger partial charge on any atom is 0.303 e. The van der Waals surface area contributed by atoms with Crippen molar-refractivity contribution in [2.45, 2.75) is 71.7 Å². The molecule has 7 nitrogen and oxygen atoms in total. The van der Waals surface area contributed by atoms with Crippen molar-refractivity contribution < 1.29 is 14.7 Å². The van der Waals surface area contributed by atoms with Crippen LogP contribution in [0.2, 0.25) is 0 Å². The lowest BCUT2D eigenvalue weighted by molar-refractivity contribution is -0.137. The zero-order chi connectivity index (χ0) is 31.2. The molecule has 0 bridgehead atoms. The van der Waals surface area contributed by atoms with Gasteiger partial charge in [-0.3, -0.25) is 24.5 Å². The van der Waals surface area contributed by atoms with Gasteiger partial charge >= 0.3 is 5.97 Å². The third-order valence-corrected chi connectivity index (χ3v) is 6.81. The number of carboxylic acid groups (broad SMARTS) is 1. The van der Waals surface area contributed by atoms with E-state index in [2.05, 4.69) is 54.9 Å². The number of alkyl halides is 1. The fourth-order valence-electron chi connectivity index (χ4n) is 4.05. The van der Waals surface area contributed by atoms with E-state index in [1.54, 1.807) is 12.2 Å². The number of aliphatic imine (C=N–C) groups is 2. The van der Waals surface area contributed by atoms with Crippen molar-refractivity contribution in [2.75, 3.05) is 32.7 Å². The van der Waals surface area contributed by atoms with Crippen LogP contribution in [0.15, 0.2) is 82.9 Å². The number of hydrogen-bond donors (Lipinski definition) is 2. The monoisotopic (exact) mass is 596 g/mol. The highest BCUT2D eigenvalue weighted by molar-refractivity contribution is 6.46. The first kappa shape index (κ1) is 36.7. The molecule has 1 atom stereocenters. The van der Waals surface area contributed by atoms with E-state index in [0.29, 0.717) is 50.9 Å². The number of carboxylic acids is 1. The van der Waals surface area contributed by atoms with Gasteiger partial charge in [-0.1, -0.05) is 81.0 Å². The molecule has 2 rings (SSSR count). The second-order valence-corrected chi connectivity index (χ2v) is 10.2. The number of likely N-dealkylation sites (N-methyl/N-ethyl adjacent to an activating group) is 1. The van der Waals surface area contributed by atoms with Crippen molar-refractivity contribution in [2.24, 2.45) is 9.98 Å². The van der Waals surface area contributed by atoms with Gasteiger partial charge in [0.2, 0.25) is 0 Å². The van der Waals surface area contributed by atoms with Crippen molar-refractivity contribution in [3.63, 3.8) is 0 Å². The van der Waals surface area contributed by atoms with Crippen LogP contribution >= 0.6 is 11.6 Å². The molecule has 0 saturated carbocycles. The summed E-state index contributed by atoms with van der Waals surface area (Å²) in [6.07, 6.45) is 13.6. The van der Waals surface area contributed by atoms with Gasteiger partial charge in [-0.2, -0.15) is 0 Å². The van der Waals surface area contributed by atoms with Gasteiger partial charge in [0.15, 0.2) is 0 Å². The first-order valence-corrected chi connectivity index (χ1v) is 15.4. The summed E-state index contributed by atoms with van der Waals surface area (Å²) in [4.78, 5) is 35.6. The normalized spacial score (nSPS) is 16.3. The van der Waals surface area contributed by atoms with Crippen molar-refractivity contribution in [1.29, 1.82) is 0 Å². The molecule has 1 aromatic rings. The van der Waals surface area contributed by atoms with E-state index in [-0.39, 0.29) is 17.7 Å². The Hall–Kier alpha value is -3.29. The number of unbranched alkanes of at least 4 members (excludes halogenated alkanes) is 1. The van der Waals surface area contributed by atoms with Gasteiger partial charge in [0.25, 0.3) is 5.91 Å². The van der Waals surface area contributed by atoms with Crippen LogP contribution in [0.5, 0.6) is 0 Å². The maximum absolute atomic E-state index is 13.0. The van der Waals surface area contributed by atoms with Crippen molar-refractivity contribution in [3.8, 4) is 0 Å². The van der Waals surface area contributed by atoms with E-state index in [9.17, 15) is 9.59 Å². The third kappa shape index (κ3) is 15.6. The van der Waals surface area contributed by atoms with Gasteiger partial charge < -0.3 is 10.4 Å². The molecule has 0 fully saturated rings. The molecule has 0 saturated heterocycles. The maximum atomic E-state index is 13.0. The van der Waals surface area contributed by atoms with Crippen molar-refractivity contribution in [1.82, 2.24) is 10.2 Å². The first-order chi connectivity index (χ1) is 20.3. The molecule has 1 amide bonds. The topological polar surface area (TPSA) is 94.4 Å². The summed E-state index contributed by atoms with van der Waals surface area (Å²) in [5.41, 5.74) is 4.61. The lowest BCUT2D eigenvalue weighted by Gasteiger charge is -2.21. The Bertz CT molecular complexity index is 1120. The fourth-order valence-corrected chi connectivity index (χ4v) is 4.16. The van der Waals surface area contributed by atoms with Crippen LogP contribution in [-0.2, 0) is 16.1 Å². The number of allylic oxidation sites excluding steroid dienone is 3. The van der Waals surface area contributed by atoms with E-state index >= 15 is 0 Å². The average Bonchev–Trinajstić information content (AvgIpc) is 2.99. The highest BCUT2D eigenvalue weighted by atomic mass is 35.5. The smallest absolute Gasteiger partial charge is 0.303 e. The summed E-state index contributed by atoms with van der Waals surface area (Å²) in [6, 6.07) is 8.53. The zero-order valence-electron chi connectivity index (χ0n) is 25.8. The number of nitrogens with zero attached hydrogens (tertiary/aromatic N) is 3. The van der Waals surface area contributed by atoms with Crippen LogP contribution in [0.25, 0.3) is 0 Å². The Morgan fingerprint density at radius 1 is 1.17 bits per heavy atom. The molecule has 0 aromatic heterocycles. The zero-order valence-corrected chi connectivity index (χ0v) is 26.6. The lowest BCUT2D eigenvalue weighted by Crippen LogP contribution is -2.35. The molecule has 0 spiro atoms. The number of aliphatic carboxylic acids is 1. The van der Waals surface area contributed by atoms with Gasteiger partial charge in [-0.15, -0.1) is 18.2 Å². The highest BCUT2D eigenvalue weighted by Crippen LogP contribution is 2.10. The summed E-state index contributed by atoms with van der Waals surface area (Å²) >= 11 is 6.15. The average molecular weight is 597 g/mol. The molecule has 1 unspecified atom stereocenters. The molecule has 1 aliphatic rings. The molecule has 1 aliphatic heterocycles. The van der Waals surface area contributed by atoms with Crippen molar-refractivity contribution in [3.05, 3.63) is 84.0 Å². The summed E-state index contributed by atoms with van der Waals surface area (Å²) in [7, 11) is 0. The molecule has 2 N–H and O–H groups in total. The number of aryl methyl sites for hydroxylation is 1. The van der Waals surface area contributed by atoms with E-state index < -0.39 is 5.97 Å². The van der Waals surface area contributed by atoms with Crippen LogP contribution in [0, 0.1) is 6.92 Å². The SMILES string of the molecule is C=CC(Cl)C/C=C/C1=NC/C=C\C(C(=O)NCCN(CC)Cc2ccc(C)cc2)=C/CN=C1CCCCC(=O)O.CC. The Kier molecular flexibility index (Phi) is 19.5. The van der Waals surface area contributed by atoms with Crippen LogP contribution in [0.1, 0.15) is 64.0 Å². The molecule has 42 heavy (non-hydrogen) atoms. The molecule has 0 aliphatic carbocycles. The Morgan fingerprint density at radius 3 is 2.57 bits per heavy atom. The van der Waals surface area contributed by atoms with E-state index in [1.165, 1.54) is 11.1 Å². The van der Waals surface area contributed by atoms with Gasteiger partial charge in [0, 0.05) is 31.6 Å². The first-order valence-electron chi connectivity index (χ1n) is 15.0. The molecule has 230 valence electrons. The molecular weight excluding hydrogens is 548 g/mol. The predicted molar refractivity (Wildman–Crippen MR) is 178 cm³/mol. The summed E-state index contributed by atoms with van der Waals surface area (Å²) in [5, 5.41) is 11.8. The predicted octanol–water partition coefficient (Wildman–Crippen LogP) is 6.72. The lowest BCUT2D eigenvalue weighted by atomic mass is 10.1. The molecular formula is C34H49ClN4O3. The minimum Gasteiger partial charge on any atom is -0.481 e. The van der Waals surface area contributed by atoms with Crippen LogP contribution in [0.4, 0.5) is 0 Å². The van der Waals surface area contributed by atoms with Gasteiger partial charge in [0.1, 0.15) is 0 Å². The number of halogens is 1. The molecule has 8 heteroatoms. The minimum atomic E-state index is -0.805. The molecule has 1 heterocycles. The molecule has 0 radical (unpaired) electrons. The Balaban J connectivity index is 0.00000431. The second kappa shape index (κ2) is 22.3. The Morgan fingerprint density at radius 2 is 1.90 bits per heavy atom. The number of carbonyl (C=O) groups is 2. The summed E-state index contributed by atoms with van der Waals surface area (Å²) in [6.45, 7) is 15.7. The van der Waals surface area contributed by atoms with Crippen LogP contribution in [-0.4, -0.2) is 71.4 Å². The second-order valence-electron chi connectivity index (χ2n) is 9.68. The number of hydrogen-bond acceptors (Lipinski definition) is 5. The number of carbonyl (C=O) groups excluding carboxylic acids is 1. The standard InChI is InChI=1S/C32H43ClN4O3.C2H6/c1-4-28(33)11-8-13-30-29(12-6-7-14-31(38)39)35-21-19-27(10-9-20-34-30)32(40)36-22-23-37(5-2)24-26-17-15-25(3)16-18-26;1-2/h4,8-10,13,15-19,28H,1,5-7,11-12,14,20-24H2,2-3H3,(H,36,40)(H,38,39);1-2H3/b10-9-,13-8+,27-19+,34-30?,35-29?;. The van der Waals surface area contributed by atoms with Gasteiger partial charge in [0.05, 0.1) is 29.9 Å². The number of benzene rings is 1. The largest absolute Gasteiger partial charge is 0.481 e. The Labute approximate surface area is 257 Å². The minimum absolute atomic E-state index is 0.121. The molecule has 1 aromatic carbocycles. The van der Waals surface area contributed by atoms with E-state index in [1.807, 2.05) is 38.2 Å². The third-order valence-electron chi connectivity index (χ3n) is 6.45. The van der Waals surface area contributed by atoms with E-state index in [4.69, 9.17) is 26.7 Å². The van der Waals surface area contributed by atoms with E-state index in [0.717, 1.165) is 31.1 Å². The number of nitrogens with one attached hydrogen (secondary N) is 1. The van der Waals surface area contributed by atoms with Crippen LogP contribution in [0.3, 0.4) is 0 Å². The highest BCUT2D eigenvalue weighted by Gasteiger charge is 2.11. The number of amides is 1. The summed E-state index contributed by atoms with van der Waals surface area (Å²) in [5.74, 6) is -0.941. The van der Waals surface area contributed by atoms with Gasteiger partial charge in [-0.05, 0) is 50.8 Å². The number of rotatable bonds is 16. The summed E-state index contributed by atoms with van der Waals surface area (Å²) < 4.78 is 0. The quantitative estimate of drug-likeness (QED) is 0.126. The van der Waals surface area contributed by atoms with Gasteiger partial charge in [-0.25, -0.2) is 0 Å². The van der Waals surface area contributed by atoms with Crippen LogP contribution < -0.4 is 5.32 Å².